The Hall–Kier alpha value is -2.36. The average Bonchev–Trinajstić information content (AvgIpc) is 3.15. The van der Waals surface area contributed by atoms with E-state index >= 15 is 0 Å². The lowest BCUT2D eigenvalue weighted by atomic mass is 9.96. The van der Waals surface area contributed by atoms with Crippen molar-refractivity contribution < 1.29 is 18.0 Å². The van der Waals surface area contributed by atoms with Gasteiger partial charge >= 0.3 is 6.18 Å². The van der Waals surface area contributed by atoms with Crippen LogP contribution in [-0.2, 0) is 11.0 Å². The van der Waals surface area contributed by atoms with Gasteiger partial charge in [-0.3, -0.25) is 14.1 Å². The Morgan fingerprint density at radius 3 is 2.59 bits per heavy atom. The average molecular weight is 486 g/mol. The zero-order valence-corrected chi connectivity index (χ0v) is 18.5. The smallest absolute Gasteiger partial charge is 0.325 e. The number of pyridine rings is 1. The number of carbonyl (C=O) groups excluding carboxylic acids is 1. The lowest BCUT2D eigenvalue weighted by Crippen LogP contribution is -2.46. The van der Waals surface area contributed by atoms with E-state index in [1.54, 1.807) is 25.1 Å². The van der Waals surface area contributed by atoms with Crippen LogP contribution in [0.1, 0.15) is 37.1 Å². The minimum Gasteiger partial charge on any atom is -0.325 e. The van der Waals surface area contributed by atoms with Gasteiger partial charge in [-0.2, -0.15) is 13.2 Å². The third-order valence-corrected chi connectivity index (χ3v) is 6.07. The molecule has 1 N–H and O–H groups in total. The Bertz CT molecular complexity index is 1130. The largest absolute Gasteiger partial charge is 0.417 e. The molecule has 0 bridgehead atoms. The van der Waals surface area contributed by atoms with Crippen LogP contribution in [0.5, 0.6) is 0 Å². The molecule has 1 aliphatic rings. The topological polar surface area (TPSA) is 62.5 Å². The Morgan fingerprint density at radius 1 is 1.19 bits per heavy atom. The van der Waals surface area contributed by atoms with E-state index in [0.29, 0.717) is 40.3 Å². The van der Waals surface area contributed by atoms with E-state index in [0.717, 1.165) is 25.1 Å². The van der Waals surface area contributed by atoms with E-state index in [1.807, 2.05) is 4.90 Å². The number of anilines is 1. The van der Waals surface area contributed by atoms with Crippen LogP contribution in [-0.4, -0.2) is 44.5 Å². The van der Waals surface area contributed by atoms with Crippen LogP contribution in [0.15, 0.2) is 36.5 Å². The Balaban J connectivity index is 1.51. The van der Waals surface area contributed by atoms with Gasteiger partial charge in [0, 0.05) is 34.4 Å². The molecule has 3 heterocycles. The molecule has 2 atom stereocenters. The number of aromatic nitrogens is 3. The first-order valence-electron chi connectivity index (χ1n) is 10.0. The number of carbonyl (C=O) groups is 1. The predicted molar refractivity (Wildman–Crippen MR) is 116 cm³/mol. The molecule has 4 rings (SSSR count). The number of hydrogen-bond acceptors (Lipinski definition) is 4. The van der Waals surface area contributed by atoms with Crippen molar-refractivity contribution in [2.75, 3.05) is 18.4 Å². The molecule has 1 saturated heterocycles. The van der Waals surface area contributed by atoms with Crippen LogP contribution < -0.4 is 5.32 Å². The summed E-state index contributed by atoms with van der Waals surface area (Å²) < 4.78 is 40.9. The van der Waals surface area contributed by atoms with Crippen molar-refractivity contribution in [2.45, 2.75) is 37.9 Å². The molecule has 3 aromatic rings. The summed E-state index contributed by atoms with van der Waals surface area (Å²) in [5, 5.41) is 11.8. The van der Waals surface area contributed by atoms with E-state index < -0.39 is 17.8 Å². The first kappa shape index (κ1) is 22.8. The molecular weight excluding hydrogens is 466 g/mol. The molecule has 2 aromatic heterocycles. The molecule has 1 amide bonds. The van der Waals surface area contributed by atoms with E-state index in [2.05, 4.69) is 15.5 Å². The molecule has 0 unspecified atom stereocenters. The highest BCUT2D eigenvalue weighted by molar-refractivity contribution is 6.35. The first-order chi connectivity index (χ1) is 15.1. The molecular formula is C21H20Cl2F3N5O. The maximum Gasteiger partial charge on any atom is 0.417 e. The van der Waals surface area contributed by atoms with Gasteiger partial charge in [0.1, 0.15) is 5.82 Å². The van der Waals surface area contributed by atoms with E-state index in [1.165, 1.54) is 10.5 Å². The van der Waals surface area contributed by atoms with Gasteiger partial charge in [0.25, 0.3) is 0 Å². The highest BCUT2D eigenvalue weighted by Crippen LogP contribution is 2.32. The summed E-state index contributed by atoms with van der Waals surface area (Å²) in [6.07, 6.45) is -1.91. The van der Waals surface area contributed by atoms with Gasteiger partial charge in [-0.1, -0.05) is 23.2 Å². The standard InChI is InChI=1S/C21H20Cl2F3N5O/c1-12(20(32)27-17-8-15(22)7-16(23)9-17)30-6-2-3-13(10-30)19-29-28-18-5-4-14(11-31(18)19)21(24,25)26/h4-5,7-9,11-13H,2-3,6,10H2,1H3,(H,27,32)/t12-,13+/m0/s1. The van der Waals surface area contributed by atoms with Crippen molar-refractivity contribution in [3.63, 3.8) is 0 Å². The molecule has 11 heteroatoms. The van der Waals surface area contributed by atoms with Crippen LogP contribution in [0.3, 0.4) is 0 Å². The predicted octanol–water partition coefficient (Wildman–Crippen LogP) is 5.26. The molecule has 0 radical (unpaired) electrons. The molecule has 0 aliphatic carbocycles. The summed E-state index contributed by atoms with van der Waals surface area (Å²) in [7, 11) is 0. The van der Waals surface area contributed by atoms with E-state index in [9.17, 15) is 18.0 Å². The van der Waals surface area contributed by atoms with Gasteiger partial charge in [-0.05, 0) is 56.6 Å². The second-order valence-corrected chi connectivity index (χ2v) is 8.73. The molecule has 0 saturated carbocycles. The molecule has 1 fully saturated rings. The van der Waals surface area contributed by atoms with Crippen LogP contribution in [0.4, 0.5) is 18.9 Å². The number of fused-ring (bicyclic) bond motifs is 1. The Morgan fingerprint density at radius 2 is 1.91 bits per heavy atom. The monoisotopic (exact) mass is 485 g/mol. The third-order valence-electron chi connectivity index (χ3n) is 5.63. The maximum atomic E-state index is 13.2. The van der Waals surface area contributed by atoms with Gasteiger partial charge < -0.3 is 5.32 Å². The van der Waals surface area contributed by atoms with Crippen molar-refractivity contribution in [3.8, 4) is 0 Å². The van der Waals surface area contributed by atoms with Crippen LogP contribution >= 0.6 is 23.2 Å². The number of hydrogen-bond donors (Lipinski definition) is 1. The van der Waals surface area contributed by atoms with Crippen LogP contribution in [0.2, 0.25) is 10.0 Å². The number of nitrogens with zero attached hydrogens (tertiary/aromatic N) is 4. The Labute approximate surface area is 192 Å². The number of nitrogens with one attached hydrogen (secondary N) is 1. The van der Waals surface area contributed by atoms with Gasteiger partial charge in [0.2, 0.25) is 5.91 Å². The molecule has 1 aromatic carbocycles. The number of likely N-dealkylation sites (tertiary alicyclic amines) is 1. The summed E-state index contributed by atoms with van der Waals surface area (Å²) in [5.74, 6) is 0.0811. The lowest BCUT2D eigenvalue weighted by Gasteiger charge is -2.35. The SMILES string of the molecule is C[C@@H](C(=O)Nc1cc(Cl)cc(Cl)c1)N1CCC[C@@H](c2nnc3ccc(C(F)(F)F)cn23)C1. The van der Waals surface area contributed by atoms with Crippen molar-refractivity contribution in [2.24, 2.45) is 0 Å². The number of benzene rings is 1. The quantitative estimate of drug-likeness (QED) is 0.547. The first-order valence-corrected chi connectivity index (χ1v) is 10.8. The fourth-order valence-electron chi connectivity index (χ4n) is 3.96. The fourth-order valence-corrected chi connectivity index (χ4v) is 4.49. The van der Waals surface area contributed by atoms with Crippen molar-refractivity contribution in [1.29, 1.82) is 0 Å². The molecule has 32 heavy (non-hydrogen) atoms. The number of halogens is 5. The van der Waals surface area contributed by atoms with Gasteiger partial charge in [0.15, 0.2) is 5.65 Å². The van der Waals surface area contributed by atoms with Crippen LogP contribution in [0, 0.1) is 0 Å². The van der Waals surface area contributed by atoms with Gasteiger partial charge in [0.05, 0.1) is 11.6 Å². The lowest BCUT2D eigenvalue weighted by molar-refractivity contribution is -0.137. The van der Waals surface area contributed by atoms with E-state index in [-0.39, 0.29) is 11.8 Å². The van der Waals surface area contributed by atoms with Gasteiger partial charge in [-0.25, -0.2) is 0 Å². The summed E-state index contributed by atoms with van der Waals surface area (Å²) in [6.45, 7) is 2.95. The fraction of sp³-hybridized carbons (Fsp3) is 0.381. The summed E-state index contributed by atoms with van der Waals surface area (Å²) in [6, 6.07) is 6.63. The minimum absolute atomic E-state index is 0.155. The zero-order chi connectivity index (χ0) is 23.0. The second kappa shape index (κ2) is 8.88. The van der Waals surface area contributed by atoms with Gasteiger partial charge in [-0.15, -0.1) is 10.2 Å². The number of amides is 1. The maximum absolute atomic E-state index is 13.2. The summed E-state index contributed by atoms with van der Waals surface area (Å²) in [5.41, 5.74) is 0.0939. The van der Waals surface area contributed by atoms with Crippen molar-refractivity contribution >= 4 is 40.4 Å². The molecule has 6 nitrogen and oxygen atoms in total. The van der Waals surface area contributed by atoms with E-state index in [4.69, 9.17) is 23.2 Å². The molecule has 1 aliphatic heterocycles. The van der Waals surface area contributed by atoms with Crippen molar-refractivity contribution in [1.82, 2.24) is 19.5 Å². The third kappa shape index (κ3) is 4.84. The van der Waals surface area contributed by atoms with Crippen molar-refractivity contribution in [3.05, 3.63) is 58.0 Å². The summed E-state index contributed by atoms with van der Waals surface area (Å²) in [4.78, 5) is 14.8. The second-order valence-electron chi connectivity index (χ2n) is 7.86. The minimum atomic E-state index is -4.45. The summed E-state index contributed by atoms with van der Waals surface area (Å²) >= 11 is 12.0. The highest BCUT2D eigenvalue weighted by Gasteiger charge is 2.33. The highest BCUT2D eigenvalue weighted by atomic mass is 35.5. The molecule has 0 spiro atoms. The number of alkyl halides is 3. The number of piperidine rings is 1. The molecule has 170 valence electrons. The Kier molecular flexibility index (Phi) is 6.33. The zero-order valence-electron chi connectivity index (χ0n) is 17.0. The normalized spacial score (nSPS) is 18.6. The number of rotatable bonds is 4. The van der Waals surface area contributed by atoms with Crippen LogP contribution in [0.25, 0.3) is 5.65 Å².